The fraction of sp³-hybridized carbons (Fsp3) is 0.818. The van der Waals surface area contributed by atoms with Crippen LogP contribution in [-0.4, -0.2) is 35.9 Å². The van der Waals surface area contributed by atoms with Crippen LogP contribution in [0, 0.1) is 0 Å². The summed E-state index contributed by atoms with van der Waals surface area (Å²) in [7, 11) is 4.82. The lowest BCUT2D eigenvalue weighted by atomic mass is 10.1. The van der Waals surface area contributed by atoms with Gasteiger partial charge in [-0.25, -0.2) is 0 Å². The third kappa shape index (κ3) is 9.35. The summed E-state index contributed by atoms with van der Waals surface area (Å²) < 4.78 is 0.00374. The highest BCUT2D eigenvalue weighted by Crippen LogP contribution is 2.38. The lowest BCUT2D eigenvalue weighted by Gasteiger charge is -2.22. The fourth-order valence-corrected chi connectivity index (χ4v) is 3.58. The topological polar surface area (TPSA) is 58.2 Å². The van der Waals surface area contributed by atoms with Crippen LogP contribution in [0.5, 0.6) is 0 Å². The quantitative estimate of drug-likeness (QED) is 0.665. The number of carbonyl (C=O) groups is 2. The van der Waals surface area contributed by atoms with E-state index in [4.69, 9.17) is 0 Å². The molecular formula is C11H22N2O2S2. The third-order valence-electron chi connectivity index (χ3n) is 2.08. The van der Waals surface area contributed by atoms with Crippen LogP contribution in [0.1, 0.15) is 33.6 Å². The number of amides is 2. The van der Waals surface area contributed by atoms with Gasteiger partial charge in [-0.15, -0.1) is 0 Å². The van der Waals surface area contributed by atoms with Gasteiger partial charge in [0.1, 0.15) is 0 Å². The van der Waals surface area contributed by atoms with Crippen molar-refractivity contribution >= 4 is 33.4 Å². The molecule has 0 rings (SSSR count). The zero-order valence-corrected chi connectivity index (χ0v) is 12.6. The van der Waals surface area contributed by atoms with E-state index in [1.165, 1.54) is 10.8 Å². The molecule has 0 unspecified atom stereocenters. The second-order valence-electron chi connectivity index (χ2n) is 4.23. The van der Waals surface area contributed by atoms with Crippen molar-refractivity contribution in [2.24, 2.45) is 0 Å². The molecule has 2 N–H and O–H groups in total. The van der Waals surface area contributed by atoms with Crippen molar-refractivity contribution in [3.05, 3.63) is 0 Å². The molecule has 0 aromatic carbocycles. The predicted molar refractivity (Wildman–Crippen MR) is 76.1 cm³/mol. The van der Waals surface area contributed by atoms with Gasteiger partial charge in [-0.05, 0) is 27.2 Å². The molecule has 0 aliphatic heterocycles. The summed E-state index contributed by atoms with van der Waals surface area (Å²) in [5, 5.41) is 5.36. The minimum Gasteiger partial charge on any atom is -0.358 e. The Morgan fingerprint density at radius 1 is 1.24 bits per heavy atom. The van der Waals surface area contributed by atoms with Crippen molar-refractivity contribution < 1.29 is 9.59 Å². The number of nitrogens with one attached hydrogen (secondary N) is 2. The molecule has 17 heavy (non-hydrogen) atoms. The van der Waals surface area contributed by atoms with Gasteiger partial charge in [0.2, 0.25) is 11.8 Å². The molecular weight excluding hydrogens is 256 g/mol. The summed E-state index contributed by atoms with van der Waals surface area (Å²) in [5.74, 6) is 0.575. The molecule has 0 aliphatic carbocycles. The molecule has 0 bridgehead atoms. The normalized spacial score (nSPS) is 11.1. The van der Waals surface area contributed by atoms with Gasteiger partial charge >= 0.3 is 0 Å². The Balaban J connectivity index is 3.79. The van der Waals surface area contributed by atoms with Crippen LogP contribution < -0.4 is 10.6 Å². The highest BCUT2D eigenvalue weighted by atomic mass is 33.1. The van der Waals surface area contributed by atoms with Gasteiger partial charge in [-0.3, -0.25) is 9.59 Å². The molecule has 0 saturated carbocycles. The van der Waals surface area contributed by atoms with Crippen molar-refractivity contribution in [1.29, 1.82) is 0 Å². The van der Waals surface area contributed by atoms with Crippen LogP contribution >= 0.6 is 21.6 Å². The van der Waals surface area contributed by atoms with Gasteiger partial charge in [-0.1, -0.05) is 21.6 Å². The zero-order chi connectivity index (χ0) is 13.3. The van der Waals surface area contributed by atoms with Crippen molar-refractivity contribution in [1.82, 2.24) is 10.6 Å². The van der Waals surface area contributed by atoms with Gasteiger partial charge < -0.3 is 10.6 Å². The van der Waals surface area contributed by atoms with Crippen molar-refractivity contribution in [3.63, 3.8) is 0 Å². The molecule has 0 fully saturated rings. The molecule has 6 heteroatoms. The molecule has 0 radical (unpaired) electrons. The molecule has 4 nitrogen and oxygen atoms in total. The maximum Gasteiger partial charge on any atom is 0.230 e. The summed E-state index contributed by atoms with van der Waals surface area (Å²) in [6.07, 6.45) is 1.35. The van der Waals surface area contributed by atoms with E-state index in [9.17, 15) is 9.59 Å². The number of carbonyl (C=O) groups excluding carboxylic acids is 2. The van der Waals surface area contributed by atoms with Gasteiger partial charge in [0.15, 0.2) is 0 Å². The van der Waals surface area contributed by atoms with Crippen molar-refractivity contribution in [2.45, 2.75) is 38.4 Å². The highest BCUT2D eigenvalue weighted by Gasteiger charge is 2.20. The van der Waals surface area contributed by atoms with Crippen LogP contribution in [0.15, 0.2) is 0 Å². The lowest BCUT2D eigenvalue weighted by Crippen LogP contribution is -2.25. The monoisotopic (exact) mass is 278 g/mol. The standard InChI is InChI=1S/C11H22N2O2S2/c1-5-13-9(14)6-7-11(2,3)17-16-8-10(15)12-4/h5-8H2,1-4H3,(H,12,15)(H,13,14). The van der Waals surface area contributed by atoms with E-state index in [-0.39, 0.29) is 16.6 Å². The molecule has 0 atom stereocenters. The minimum absolute atomic E-state index is 0.00374. The first-order valence-electron chi connectivity index (χ1n) is 5.69. The molecule has 0 heterocycles. The van der Waals surface area contributed by atoms with E-state index in [1.54, 1.807) is 17.8 Å². The number of hydrogen-bond acceptors (Lipinski definition) is 4. The Labute approximate surface area is 111 Å². The Morgan fingerprint density at radius 3 is 2.41 bits per heavy atom. The first kappa shape index (κ1) is 16.6. The van der Waals surface area contributed by atoms with E-state index in [0.717, 1.165) is 6.42 Å². The Morgan fingerprint density at radius 2 is 1.88 bits per heavy atom. The van der Waals surface area contributed by atoms with Crippen LogP contribution in [0.25, 0.3) is 0 Å². The average molecular weight is 278 g/mol. The molecule has 0 spiro atoms. The summed E-state index contributed by atoms with van der Waals surface area (Å²) in [4.78, 5) is 22.4. The van der Waals surface area contributed by atoms with Crippen LogP contribution in [0.4, 0.5) is 0 Å². The van der Waals surface area contributed by atoms with Gasteiger partial charge in [0, 0.05) is 24.8 Å². The lowest BCUT2D eigenvalue weighted by molar-refractivity contribution is -0.121. The maximum atomic E-state index is 11.3. The molecule has 100 valence electrons. The van der Waals surface area contributed by atoms with Crippen LogP contribution in [0.2, 0.25) is 0 Å². The number of rotatable bonds is 8. The SMILES string of the molecule is CCNC(=O)CCC(C)(C)SSCC(=O)NC. The van der Waals surface area contributed by atoms with E-state index < -0.39 is 0 Å². The fourth-order valence-electron chi connectivity index (χ4n) is 1.06. The Bertz CT molecular complexity index is 258. The van der Waals surface area contributed by atoms with E-state index in [2.05, 4.69) is 24.5 Å². The van der Waals surface area contributed by atoms with Gasteiger partial charge in [0.05, 0.1) is 5.75 Å². The van der Waals surface area contributed by atoms with Gasteiger partial charge in [-0.2, -0.15) is 0 Å². The van der Waals surface area contributed by atoms with Crippen LogP contribution in [0.3, 0.4) is 0 Å². The second-order valence-corrected chi connectivity index (χ2v) is 7.24. The number of hydrogen-bond donors (Lipinski definition) is 2. The predicted octanol–water partition coefficient (Wildman–Crippen LogP) is 1.81. The van der Waals surface area contributed by atoms with Crippen molar-refractivity contribution in [2.75, 3.05) is 19.3 Å². The van der Waals surface area contributed by atoms with Crippen LogP contribution in [-0.2, 0) is 9.59 Å². The average Bonchev–Trinajstić information content (AvgIpc) is 2.26. The van der Waals surface area contributed by atoms with Gasteiger partial charge in [0.25, 0.3) is 0 Å². The third-order valence-corrected chi connectivity index (χ3v) is 5.30. The Kier molecular flexibility index (Phi) is 8.51. The minimum atomic E-state index is 0.00374. The maximum absolute atomic E-state index is 11.3. The highest BCUT2D eigenvalue weighted by molar-refractivity contribution is 8.77. The zero-order valence-electron chi connectivity index (χ0n) is 11.0. The first-order chi connectivity index (χ1) is 7.91. The summed E-state index contributed by atoms with van der Waals surface area (Å²) in [6.45, 7) is 6.77. The second kappa shape index (κ2) is 8.69. The van der Waals surface area contributed by atoms with E-state index in [0.29, 0.717) is 18.7 Å². The molecule has 0 saturated heterocycles. The smallest absolute Gasteiger partial charge is 0.230 e. The van der Waals surface area contributed by atoms with E-state index >= 15 is 0 Å². The molecule has 0 aromatic rings. The first-order valence-corrected chi connectivity index (χ1v) is 8.01. The summed E-state index contributed by atoms with van der Waals surface area (Å²) >= 11 is 0. The molecule has 0 aliphatic rings. The van der Waals surface area contributed by atoms with Crippen molar-refractivity contribution in [3.8, 4) is 0 Å². The Hall–Kier alpha value is -0.360. The molecule has 0 aromatic heterocycles. The largest absolute Gasteiger partial charge is 0.358 e. The molecule has 2 amide bonds. The summed E-state index contributed by atoms with van der Waals surface area (Å²) in [5.41, 5.74) is 0. The summed E-state index contributed by atoms with van der Waals surface area (Å²) in [6, 6.07) is 0. The van der Waals surface area contributed by atoms with E-state index in [1.807, 2.05) is 6.92 Å².